The molecule has 8 nitrogen and oxygen atoms in total. The van der Waals surface area contributed by atoms with Crippen molar-refractivity contribution in [1.29, 1.82) is 0 Å². The van der Waals surface area contributed by atoms with Crippen molar-refractivity contribution in [2.45, 2.75) is 26.8 Å². The number of ether oxygens (including phenoxy) is 2. The van der Waals surface area contributed by atoms with Crippen molar-refractivity contribution in [2.75, 3.05) is 6.79 Å². The van der Waals surface area contributed by atoms with Gasteiger partial charge in [-0.1, -0.05) is 32.0 Å². The molecule has 2 aromatic carbocycles. The molecule has 8 heteroatoms. The maximum absolute atomic E-state index is 12.8. The van der Waals surface area contributed by atoms with Gasteiger partial charge in [0, 0.05) is 34.8 Å². The van der Waals surface area contributed by atoms with E-state index >= 15 is 0 Å². The molecule has 166 valence electrons. The van der Waals surface area contributed by atoms with Crippen molar-refractivity contribution in [1.82, 2.24) is 15.3 Å². The molecule has 1 atom stereocenters. The van der Waals surface area contributed by atoms with Crippen LogP contribution in [0.15, 0.2) is 47.6 Å². The first-order chi connectivity index (χ1) is 15.4. The molecule has 2 N–H and O–H groups in total. The average Bonchev–Trinajstić information content (AvgIpc) is 3.35. The fourth-order valence-corrected chi connectivity index (χ4v) is 3.74. The second kappa shape index (κ2) is 8.74. The summed E-state index contributed by atoms with van der Waals surface area (Å²) in [7, 11) is 1.99. The van der Waals surface area contributed by atoms with Gasteiger partial charge in [-0.3, -0.25) is 9.59 Å². The quantitative estimate of drug-likeness (QED) is 0.460. The molecule has 32 heavy (non-hydrogen) atoms. The zero-order chi connectivity index (χ0) is 22.8. The third-order valence-corrected chi connectivity index (χ3v) is 5.69. The van der Waals surface area contributed by atoms with Crippen molar-refractivity contribution in [3.63, 3.8) is 0 Å². The summed E-state index contributed by atoms with van der Waals surface area (Å²) in [5.41, 5.74) is 6.04. The van der Waals surface area contributed by atoms with Crippen LogP contribution in [0.2, 0.25) is 0 Å². The Morgan fingerprint density at radius 1 is 1.12 bits per heavy atom. The Morgan fingerprint density at radius 3 is 2.66 bits per heavy atom. The lowest BCUT2D eigenvalue weighted by molar-refractivity contribution is -0.123. The van der Waals surface area contributed by atoms with Gasteiger partial charge in [0.1, 0.15) is 6.04 Å². The molecule has 0 radical (unpaired) electrons. The lowest BCUT2D eigenvalue weighted by Gasteiger charge is -2.20. The molecule has 0 bridgehead atoms. The summed E-state index contributed by atoms with van der Waals surface area (Å²) >= 11 is 0. The molecule has 1 aromatic heterocycles. The number of fused-ring (bicyclic) bond motifs is 2. The van der Waals surface area contributed by atoms with Gasteiger partial charge in [-0.25, -0.2) is 5.43 Å². The predicted octanol–water partition coefficient (Wildman–Crippen LogP) is 3.12. The van der Waals surface area contributed by atoms with Gasteiger partial charge in [-0.15, -0.1) is 0 Å². The number of hydrogen-bond donors (Lipinski definition) is 2. The highest BCUT2D eigenvalue weighted by Gasteiger charge is 2.25. The highest BCUT2D eigenvalue weighted by Crippen LogP contribution is 2.32. The summed E-state index contributed by atoms with van der Waals surface area (Å²) in [6, 6.07) is 12.2. The maximum Gasteiger partial charge on any atom is 0.262 e. The van der Waals surface area contributed by atoms with Crippen LogP contribution in [0.25, 0.3) is 10.9 Å². The minimum Gasteiger partial charge on any atom is -0.454 e. The largest absolute Gasteiger partial charge is 0.454 e. The summed E-state index contributed by atoms with van der Waals surface area (Å²) in [6.45, 7) is 5.86. The zero-order valence-corrected chi connectivity index (χ0v) is 18.5. The van der Waals surface area contributed by atoms with Gasteiger partial charge < -0.3 is 19.4 Å². The number of hydrazone groups is 1. The van der Waals surface area contributed by atoms with Crippen molar-refractivity contribution < 1.29 is 19.1 Å². The number of amides is 2. The summed E-state index contributed by atoms with van der Waals surface area (Å²) in [6.07, 6.45) is 1.65. The summed E-state index contributed by atoms with van der Waals surface area (Å²) in [5, 5.41) is 8.02. The molecule has 0 unspecified atom stereocenters. The van der Waals surface area contributed by atoms with Crippen LogP contribution in [-0.4, -0.2) is 35.4 Å². The molecule has 1 aliphatic heterocycles. The lowest BCUT2D eigenvalue weighted by Crippen LogP contribution is -2.48. The van der Waals surface area contributed by atoms with Crippen LogP contribution in [0.1, 0.15) is 35.5 Å². The summed E-state index contributed by atoms with van der Waals surface area (Å²) in [4.78, 5) is 25.5. The number of aromatic nitrogens is 1. The third-order valence-electron chi connectivity index (χ3n) is 5.69. The standard InChI is InChI=1S/C24H26N4O4/c1-14(2)22(26-23(29)16-9-10-20-21(11-16)32-13-31-20)24(30)27-25-12-18-15(3)28(4)19-8-6-5-7-17(18)19/h5-12,14,22H,13H2,1-4H3,(H,26,29)(H,27,30)/t22-/m1/s1. The Labute approximate surface area is 186 Å². The highest BCUT2D eigenvalue weighted by molar-refractivity contribution is 6.02. The molecular formula is C24H26N4O4. The van der Waals surface area contributed by atoms with Crippen LogP contribution in [0, 0.1) is 12.8 Å². The molecule has 0 fully saturated rings. The number of hydrogen-bond acceptors (Lipinski definition) is 5. The van der Waals surface area contributed by atoms with E-state index in [1.807, 2.05) is 52.1 Å². The van der Waals surface area contributed by atoms with Crippen LogP contribution in [-0.2, 0) is 11.8 Å². The predicted molar refractivity (Wildman–Crippen MR) is 122 cm³/mol. The third kappa shape index (κ3) is 4.03. The first-order valence-corrected chi connectivity index (χ1v) is 10.4. The van der Waals surface area contributed by atoms with Crippen LogP contribution in [0.5, 0.6) is 11.5 Å². The van der Waals surface area contributed by atoms with Gasteiger partial charge in [-0.05, 0) is 37.1 Å². The first-order valence-electron chi connectivity index (χ1n) is 10.4. The smallest absolute Gasteiger partial charge is 0.262 e. The van der Waals surface area contributed by atoms with E-state index < -0.39 is 6.04 Å². The molecular weight excluding hydrogens is 408 g/mol. The van der Waals surface area contributed by atoms with Crippen molar-refractivity contribution >= 4 is 28.9 Å². The van der Waals surface area contributed by atoms with Crippen LogP contribution < -0.4 is 20.2 Å². The molecule has 3 aromatic rings. The van der Waals surface area contributed by atoms with E-state index in [1.54, 1.807) is 24.4 Å². The van der Waals surface area contributed by atoms with Crippen LogP contribution in [0.3, 0.4) is 0 Å². The number of nitrogens with zero attached hydrogens (tertiary/aromatic N) is 2. The average molecular weight is 434 g/mol. The van der Waals surface area contributed by atoms with E-state index in [0.717, 1.165) is 22.2 Å². The van der Waals surface area contributed by atoms with E-state index in [4.69, 9.17) is 9.47 Å². The number of carbonyl (C=O) groups is 2. The SMILES string of the molecule is Cc1c(C=NNC(=O)[C@H](NC(=O)c2ccc3c(c2)OCO3)C(C)C)c2ccccc2n1C. The lowest BCUT2D eigenvalue weighted by atomic mass is 10.0. The van der Waals surface area contributed by atoms with Gasteiger partial charge in [-0.2, -0.15) is 5.10 Å². The number of carbonyl (C=O) groups excluding carboxylic acids is 2. The normalized spacial score (nSPS) is 13.7. The van der Waals surface area contributed by atoms with E-state index in [2.05, 4.69) is 20.4 Å². The Hall–Kier alpha value is -3.81. The van der Waals surface area contributed by atoms with Crippen molar-refractivity contribution in [3.8, 4) is 11.5 Å². The van der Waals surface area contributed by atoms with Crippen molar-refractivity contribution in [3.05, 3.63) is 59.3 Å². The minimum atomic E-state index is -0.751. The minimum absolute atomic E-state index is 0.131. The van der Waals surface area contributed by atoms with Crippen LogP contribution in [0.4, 0.5) is 0 Å². The Balaban J connectivity index is 1.46. The van der Waals surface area contributed by atoms with Gasteiger partial charge in [0.15, 0.2) is 11.5 Å². The molecule has 0 aliphatic carbocycles. The van der Waals surface area contributed by atoms with Gasteiger partial charge in [0.25, 0.3) is 11.8 Å². The second-order valence-electron chi connectivity index (χ2n) is 8.07. The number of rotatable bonds is 6. The Kier molecular flexibility index (Phi) is 5.85. The fraction of sp³-hybridized carbons (Fsp3) is 0.292. The van der Waals surface area contributed by atoms with Crippen molar-refractivity contribution in [2.24, 2.45) is 18.1 Å². The number of aryl methyl sites for hydroxylation is 1. The van der Waals surface area contributed by atoms with E-state index in [-0.39, 0.29) is 24.5 Å². The molecule has 4 rings (SSSR count). The zero-order valence-electron chi connectivity index (χ0n) is 18.5. The fourth-order valence-electron chi connectivity index (χ4n) is 3.74. The number of benzene rings is 2. The Morgan fingerprint density at radius 2 is 1.88 bits per heavy atom. The highest BCUT2D eigenvalue weighted by atomic mass is 16.7. The monoisotopic (exact) mass is 434 g/mol. The number of nitrogens with one attached hydrogen (secondary N) is 2. The summed E-state index contributed by atoms with van der Waals surface area (Å²) < 4.78 is 12.7. The van der Waals surface area contributed by atoms with Gasteiger partial charge in [0.2, 0.25) is 6.79 Å². The van der Waals surface area contributed by atoms with E-state index in [0.29, 0.717) is 17.1 Å². The van der Waals surface area contributed by atoms with E-state index in [1.165, 1.54) is 0 Å². The first kappa shape index (κ1) is 21.4. The topological polar surface area (TPSA) is 94.0 Å². The molecule has 2 heterocycles. The summed E-state index contributed by atoms with van der Waals surface area (Å²) in [5.74, 6) is 0.215. The van der Waals surface area contributed by atoms with Gasteiger partial charge >= 0.3 is 0 Å². The Bertz CT molecular complexity index is 1210. The van der Waals surface area contributed by atoms with E-state index in [9.17, 15) is 9.59 Å². The maximum atomic E-state index is 12.8. The van der Waals surface area contributed by atoms with Crippen LogP contribution >= 0.6 is 0 Å². The molecule has 1 aliphatic rings. The molecule has 0 saturated carbocycles. The molecule has 2 amide bonds. The molecule has 0 saturated heterocycles. The second-order valence-corrected chi connectivity index (χ2v) is 8.07. The van der Waals surface area contributed by atoms with Gasteiger partial charge in [0.05, 0.1) is 6.21 Å². The number of para-hydroxylation sites is 1. The molecule has 0 spiro atoms.